The van der Waals surface area contributed by atoms with Crippen LogP contribution in [-0.2, 0) is 4.74 Å². The molecule has 36 heavy (non-hydrogen) atoms. The Labute approximate surface area is 208 Å². The second kappa shape index (κ2) is 9.99. The van der Waals surface area contributed by atoms with Gasteiger partial charge in [0.15, 0.2) is 5.65 Å². The molecule has 3 heterocycles. The van der Waals surface area contributed by atoms with E-state index in [1.54, 1.807) is 41.6 Å². The van der Waals surface area contributed by atoms with E-state index in [9.17, 15) is 14.9 Å². The van der Waals surface area contributed by atoms with Gasteiger partial charge in [-0.1, -0.05) is 6.42 Å². The van der Waals surface area contributed by atoms with Gasteiger partial charge in [-0.3, -0.25) is 9.59 Å². The van der Waals surface area contributed by atoms with Crippen molar-refractivity contribution < 1.29 is 9.53 Å². The molecule has 4 atom stereocenters. The molecule has 3 N–H and O–H groups in total. The molecule has 3 aromatic rings. The number of ether oxygens (including phenoxy) is 1. The molecular formula is C25H30N8O3. The first kappa shape index (κ1) is 23.8. The third-order valence-electron chi connectivity index (χ3n) is 7.26. The average molecular weight is 491 g/mol. The molecule has 0 aromatic carbocycles. The van der Waals surface area contributed by atoms with Crippen LogP contribution in [0.3, 0.4) is 0 Å². The number of aromatic nitrogens is 4. The lowest BCUT2D eigenvalue weighted by atomic mass is 9.86. The monoisotopic (exact) mass is 490 g/mol. The summed E-state index contributed by atoms with van der Waals surface area (Å²) >= 11 is 0. The van der Waals surface area contributed by atoms with Gasteiger partial charge in [0.1, 0.15) is 22.9 Å². The number of nitrogens with zero attached hydrogens (tertiary/aromatic N) is 5. The molecule has 2 aliphatic rings. The Morgan fingerprint density at radius 2 is 2.14 bits per heavy atom. The third-order valence-corrected chi connectivity index (χ3v) is 7.26. The van der Waals surface area contributed by atoms with E-state index in [1.807, 2.05) is 6.07 Å². The smallest absolute Gasteiger partial charge is 0.274 e. The summed E-state index contributed by atoms with van der Waals surface area (Å²) in [4.78, 5) is 30.9. The SMILES string of the molecule is CNc1cc(Nc2cccn(C3CCC[C@H](C#N)C3)c2=O)nc2c(C(=O)NC3CC[C@@H]3OC)cnn12. The van der Waals surface area contributed by atoms with Crippen LogP contribution in [-0.4, -0.2) is 51.4 Å². The fraction of sp³-hybridized carbons (Fsp3) is 0.480. The summed E-state index contributed by atoms with van der Waals surface area (Å²) in [6.07, 6.45) is 8.41. The number of hydrogen-bond acceptors (Lipinski definition) is 8. The Bertz CT molecular complexity index is 1370. The first-order valence-corrected chi connectivity index (χ1v) is 12.3. The van der Waals surface area contributed by atoms with Crippen LogP contribution < -0.4 is 21.5 Å². The normalized spacial score (nSPS) is 23.5. The van der Waals surface area contributed by atoms with E-state index in [1.165, 1.54) is 6.20 Å². The molecule has 2 aliphatic carbocycles. The second-order valence-electron chi connectivity index (χ2n) is 9.41. The van der Waals surface area contributed by atoms with Gasteiger partial charge in [-0.05, 0) is 44.2 Å². The minimum Gasteiger partial charge on any atom is -0.379 e. The Morgan fingerprint density at radius 1 is 1.28 bits per heavy atom. The topological polar surface area (TPSA) is 138 Å². The van der Waals surface area contributed by atoms with Crippen molar-refractivity contribution >= 4 is 28.9 Å². The molecule has 0 spiro atoms. The highest BCUT2D eigenvalue weighted by Crippen LogP contribution is 2.31. The molecule has 1 amide bonds. The maximum Gasteiger partial charge on any atom is 0.274 e. The fourth-order valence-corrected chi connectivity index (χ4v) is 5.09. The molecule has 0 saturated heterocycles. The van der Waals surface area contributed by atoms with Gasteiger partial charge in [0, 0.05) is 38.4 Å². The zero-order valence-electron chi connectivity index (χ0n) is 20.4. The zero-order valence-corrected chi connectivity index (χ0v) is 20.4. The molecule has 2 fully saturated rings. The lowest BCUT2D eigenvalue weighted by Crippen LogP contribution is -2.51. The van der Waals surface area contributed by atoms with E-state index in [2.05, 4.69) is 32.1 Å². The van der Waals surface area contributed by atoms with Crippen LogP contribution in [0.15, 0.2) is 35.4 Å². The summed E-state index contributed by atoms with van der Waals surface area (Å²) in [5, 5.41) is 22.9. The van der Waals surface area contributed by atoms with Crippen LogP contribution in [0.5, 0.6) is 0 Å². The Kier molecular flexibility index (Phi) is 6.61. The van der Waals surface area contributed by atoms with Crippen LogP contribution >= 0.6 is 0 Å². The number of nitrogens with one attached hydrogen (secondary N) is 3. The zero-order chi connectivity index (χ0) is 25.2. The van der Waals surface area contributed by atoms with Crippen molar-refractivity contribution in [2.75, 3.05) is 24.8 Å². The summed E-state index contributed by atoms with van der Waals surface area (Å²) in [5.74, 6) is 0.725. The van der Waals surface area contributed by atoms with Gasteiger partial charge in [-0.25, -0.2) is 4.98 Å². The van der Waals surface area contributed by atoms with E-state index in [-0.39, 0.29) is 35.6 Å². The Balaban J connectivity index is 1.44. The number of pyridine rings is 1. The van der Waals surface area contributed by atoms with Gasteiger partial charge in [0.05, 0.1) is 24.4 Å². The number of hydrogen-bond donors (Lipinski definition) is 3. The average Bonchev–Trinajstić information content (AvgIpc) is 3.31. The van der Waals surface area contributed by atoms with Crippen molar-refractivity contribution in [3.05, 3.63) is 46.5 Å². The molecule has 2 unspecified atom stereocenters. The van der Waals surface area contributed by atoms with Gasteiger partial charge in [-0.15, -0.1) is 0 Å². The molecule has 3 aromatic heterocycles. The summed E-state index contributed by atoms with van der Waals surface area (Å²) in [5.41, 5.74) is 0.914. The van der Waals surface area contributed by atoms with Crippen LogP contribution in [0.2, 0.25) is 0 Å². The maximum absolute atomic E-state index is 13.3. The molecule has 0 radical (unpaired) electrons. The molecular weight excluding hydrogens is 460 g/mol. The highest BCUT2D eigenvalue weighted by Gasteiger charge is 2.33. The van der Waals surface area contributed by atoms with Crippen LogP contribution in [0.4, 0.5) is 17.3 Å². The molecule has 0 aliphatic heterocycles. The van der Waals surface area contributed by atoms with E-state index < -0.39 is 0 Å². The summed E-state index contributed by atoms with van der Waals surface area (Å²) < 4.78 is 8.66. The number of methoxy groups -OCH3 is 1. The lowest BCUT2D eigenvalue weighted by molar-refractivity contribution is 0.00732. The Hall–Kier alpha value is -3.91. The van der Waals surface area contributed by atoms with Crippen molar-refractivity contribution in [3.8, 4) is 6.07 Å². The van der Waals surface area contributed by atoms with E-state index in [0.717, 1.165) is 32.1 Å². The summed E-state index contributed by atoms with van der Waals surface area (Å²) in [6, 6.07) is 7.57. The lowest BCUT2D eigenvalue weighted by Gasteiger charge is -2.35. The predicted molar refractivity (Wildman–Crippen MR) is 134 cm³/mol. The molecule has 5 rings (SSSR count). The van der Waals surface area contributed by atoms with Crippen molar-refractivity contribution in [2.24, 2.45) is 5.92 Å². The van der Waals surface area contributed by atoms with E-state index in [4.69, 9.17) is 4.74 Å². The van der Waals surface area contributed by atoms with Gasteiger partial charge >= 0.3 is 0 Å². The number of amides is 1. The fourth-order valence-electron chi connectivity index (χ4n) is 5.09. The first-order valence-electron chi connectivity index (χ1n) is 12.3. The van der Waals surface area contributed by atoms with Crippen LogP contribution in [0.25, 0.3) is 5.65 Å². The number of carbonyl (C=O) groups is 1. The van der Waals surface area contributed by atoms with Gasteiger partial charge in [0.25, 0.3) is 11.5 Å². The molecule has 0 bridgehead atoms. The second-order valence-corrected chi connectivity index (χ2v) is 9.41. The largest absolute Gasteiger partial charge is 0.379 e. The minimum atomic E-state index is -0.269. The van der Waals surface area contributed by atoms with E-state index in [0.29, 0.717) is 35.0 Å². The highest BCUT2D eigenvalue weighted by atomic mass is 16.5. The van der Waals surface area contributed by atoms with Crippen molar-refractivity contribution in [1.29, 1.82) is 5.26 Å². The van der Waals surface area contributed by atoms with Gasteiger partial charge < -0.3 is 25.3 Å². The van der Waals surface area contributed by atoms with Crippen molar-refractivity contribution in [2.45, 2.75) is 56.7 Å². The molecule has 188 valence electrons. The maximum atomic E-state index is 13.3. The van der Waals surface area contributed by atoms with E-state index >= 15 is 0 Å². The molecule has 2 saturated carbocycles. The predicted octanol–water partition coefficient (Wildman–Crippen LogP) is 2.84. The number of nitriles is 1. The van der Waals surface area contributed by atoms with Gasteiger partial charge in [-0.2, -0.15) is 14.9 Å². The van der Waals surface area contributed by atoms with Crippen molar-refractivity contribution in [1.82, 2.24) is 24.5 Å². The molecule has 11 nitrogen and oxygen atoms in total. The minimum absolute atomic E-state index is 0.00600. The first-order chi connectivity index (χ1) is 17.5. The van der Waals surface area contributed by atoms with Crippen LogP contribution in [0.1, 0.15) is 54.9 Å². The summed E-state index contributed by atoms with van der Waals surface area (Å²) in [6.45, 7) is 0. The number of carbonyl (C=O) groups excluding carboxylic acids is 1. The number of anilines is 3. The highest BCUT2D eigenvalue weighted by molar-refractivity contribution is 6.00. The quantitative estimate of drug-likeness (QED) is 0.460. The third kappa shape index (κ3) is 4.40. The van der Waals surface area contributed by atoms with Crippen molar-refractivity contribution in [3.63, 3.8) is 0 Å². The van der Waals surface area contributed by atoms with Crippen LogP contribution in [0, 0.1) is 17.2 Å². The molecule has 11 heteroatoms. The number of fused-ring (bicyclic) bond motifs is 1. The standard InChI is InChI=1S/C25H30N8O3/c1-27-22-12-21(29-19-7-4-10-32(25(19)35)16-6-3-5-15(11-16)13-26)31-23-17(14-28-33(22)23)24(34)30-18-8-9-20(18)36-2/h4,7,10,12,14-16,18,20,27H,3,5-6,8-9,11H2,1-2H3,(H,29,31)(H,30,34)/t15-,16?,18?,20-/m0/s1. The summed E-state index contributed by atoms with van der Waals surface area (Å²) in [7, 11) is 3.40. The van der Waals surface area contributed by atoms with Gasteiger partial charge in [0.2, 0.25) is 0 Å². The number of rotatable bonds is 7. The Morgan fingerprint density at radius 3 is 2.86 bits per heavy atom.